The van der Waals surface area contributed by atoms with Crippen molar-refractivity contribution in [1.29, 1.82) is 0 Å². The molecule has 0 radical (unpaired) electrons. The summed E-state index contributed by atoms with van der Waals surface area (Å²) in [7, 11) is 1.66. The molecule has 0 spiro atoms. The lowest BCUT2D eigenvalue weighted by Gasteiger charge is -2.23. The first-order valence-electron chi connectivity index (χ1n) is 8.48. The molecule has 3 aromatic rings. The summed E-state index contributed by atoms with van der Waals surface area (Å²) in [5.41, 5.74) is 4.79. The summed E-state index contributed by atoms with van der Waals surface area (Å²) in [6.07, 6.45) is 1.34. The fraction of sp³-hybridized carbons (Fsp3) is 0.238. The highest BCUT2D eigenvalue weighted by atomic mass is 16.5. The number of rotatable bonds is 3. The number of ether oxygens (including phenoxy) is 1. The van der Waals surface area contributed by atoms with Crippen molar-refractivity contribution in [1.82, 2.24) is 9.78 Å². The van der Waals surface area contributed by atoms with Gasteiger partial charge in [0.1, 0.15) is 5.75 Å². The third-order valence-corrected chi connectivity index (χ3v) is 4.89. The molecule has 2 aromatic carbocycles. The Morgan fingerprint density at radius 1 is 1.04 bits per heavy atom. The van der Waals surface area contributed by atoms with Gasteiger partial charge < -0.3 is 4.74 Å². The van der Waals surface area contributed by atoms with E-state index >= 15 is 0 Å². The van der Waals surface area contributed by atoms with E-state index in [1.165, 1.54) is 5.56 Å². The van der Waals surface area contributed by atoms with Crippen LogP contribution in [0.25, 0.3) is 5.69 Å². The smallest absolute Gasteiger partial charge is 0.167 e. The normalized spacial score (nSPS) is 16.6. The monoisotopic (exact) mass is 332 g/mol. The van der Waals surface area contributed by atoms with E-state index in [1.807, 2.05) is 54.1 Å². The SMILES string of the molecule is COc1ccc(C2CC(=O)c3c(C)nn(-c4ccccc4)c3C2)cc1. The Hall–Kier alpha value is -2.88. The fourth-order valence-electron chi connectivity index (χ4n) is 3.65. The van der Waals surface area contributed by atoms with E-state index in [2.05, 4.69) is 17.2 Å². The lowest BCUT2D eigenvalue weighted by molar-refractivity contribution is 0.0963. The van der Waals surface area contributed by atoms with Crippen molar-refractivity contribution >= 4 is 5.78 Å². The van der Waals surface area contributed by atoms with Crippen molar-refractivity contribution in [2.75, 3.05) is 7.11 Å². The first-order valence-corrected chi connectivity index (χ1v) is 8.48. The maximum Gasteiger partial charge on any atom is 0.167 e. The number of hydrogen-bond acceptors (Lipinski definition) is 3. The van der Waals surface area contributed by atoms with Crippen molar-refractivity contribution < 1.29 is 9.53 Å². The highest BCUT2D eigenvalue weighted by Crippen LogP contribution is 2.35. The van der Waals surface area contributed by atoms with Gasteiger partial charge in [-0.05, 0) is 49.1 Å². The van der Waals surface area contributed by atoms with Crippen LogP contribution in [0.4, 0.5) is 0 Å². The average molecular weight is 332 g/mol. The van der Waals surface area contributed by atoms with Crippen LogP contribution in [-0.2, 0) is 6.42 Å². The summed E-state index contributed by atoms with van der Waals surface area (Å²) in [6, 6.07) is 18.0. The number of para-hydroxylation sites is 1. The lowest BCUT2D eigenvalue weighted by atomic mass is 9.81. The van der Waals surface area contributed by atoms with Crippen LogP contribution < -0.4 is 4.74 Å². The van der Waals surface area contributed by atoms with Gasteiger partial charge in [0.25, 0.3) is 0 Å². The van der Waals surface area contributed by atoms with Gasteiger partial charge in [0.2, 0.25) is 0 Å². The van der Waals surface area contributed by atoms with E-state index in [4.69, 9.17) is 4.74 Å². The molecule has 0 amide bonds. The Balaban J connectivity index is 1.75. The number of fused-ring (bicyclic) bond motifs is 1. The van der Waals surface area contributed by atoms with Gasteiger partial charge >= 0.3 is 0 Å². The summed E-state index contributed by atoms with van der Waals surface area (Å²) >= 11 is 0. The molecule has 0 saturated heterocycles. The number of hydrogen-bond donors (Lipinski definition) is 0. The number of benzene rings is 2. The van der Waals surface area contributed by atoms with Gasteiger partial charge in [0.05, 0.1) is 29.7 Å². The molecule has 1 aliphatic rings. The van der Waals surface area contributed by atoms with Crippen LogP contribution in [0.3, 0.4) is 0 Å². The van der Waals surface area contributed by atoms with Crippen LogP contribution in [0.15, 0.2) is 54.6 Å². The summed E-state index contributed by atoms with van der Waals surface area (Å²) in [6.45, 7) is 1.92. The highest BCUT2D eigenvalue weighted by Gasteiger charge is 2.32. The van der Waals surface area contributed by atoms with Gasteiger partial charge in [-0.1, -0.05) is 30.3 Å². The first-order chi connectivity index (χ1) is 12.2. The predicted octanol–water partition coefficient (Wildman–Crippen LogP) is 4.10. The van der Waals surface area contributed by atoms with Crippen LogP contribution in [0.5, 0.6) is 5.75 Å². The summed E-state index contributed by atoms with van der Waals surface area (Å²) in [5, 5.41) is 4.64. The topological polar surface area (TPSA) is 44.1 Å². The molecule has 0 aliphatic heterocycles. The van der Waals surface area contributed by atoms with Crippen LogP contribution in [0.2, 0.25) is 0 Å². The lowest BCUT2D eigenvalue weighted by Crippen LogP contribution is -2.20. The zero-order valence-corrected chi connectivity index (χ0v) is 14.4. The molecule has 0 saturated carbocycles. The fourth-order valence-corrected chi connectivity index (χ4v) is 3.65. The van der Waals surface area contributed by atoms with E-state index in [-0.39, 0.29) is 11.7 Å². The Morgan fingerprint density at radius 2 is 1.76 bits per heavy atom. The molecule has 1 unspecified atom stereocenters. The quantitative estimate of drug-likeness (QED) is 0.725. The summed E-state index contributed by atoms with van der Waals surface area (Å²) in [5.74, 6) is 1.18. The molecule has 126 valence electrons. The van der Waals surface area contributed by atoms with Gasteiger partial charge in [-0.25, -0.2) is 4.68 Å². The van der Waals surface area contributed by atoms with Crippen LogP contribution in [-0.4, -0.2) is 22.7 Å². The largest absolute Gasteiger partial charge is 0.497 e. The number of aromatic nitrogens is 2. The second-order valence-corrected chi connectivity index (χ2v) is 6.46. The molecule has 0 fully saturated rings. The minimum atomic E-state index is 0.171. The number of ketones is 1. The Morgan fingerprint density at radius 3 is 2.44 bits per heavy atom. The predicted molar refractivity (Wildman–Crippen MR) is 96.7 cm³/mol. The van der Waals surface area contributed by atoms with E-state index in [1.54, 1.807) is 7.11 Å². The van der Waals surface area contributed by atoms with Crippen LogP contribution >= 0.6 is 0 Å². The number of carbonyl (C=O) groups is 1. The molecule has 1 aromatic heterocycles. The van der Waals surface area contributed by atoms with Crippen LogP contribution in [0, 0.1) is 6.92 Å². The highest BCUT2D eigenvalue weighted by molar-refractivity contribution is 6.00. The van der Waals surface area contributed by atoms with Gasteiger partial charge in [0, 0.05) is 6.42 Å². The van der Waals surface area contributed by atoms with E-state index in [9.17, 15) is 4.79 Å². The third-order valence-electron chi connectivity index (χ3n) is 4.89. The molecular weight excluding hydrogens is 312 g/mol. The van der Waals surface area contributed by atoms with Gasteiger partial charge in [-0.3, -0.25) is 4.79 Å². The van der Waals surface area contributed by atoms with E-state index in [0.29, 0.717) is 6.42 Å². The molecular formula is C21H20N2O2. The van der Waals surface area contributed by atoms with E-state index < -0.39 is 0 Å². The van der Waals surface area contributed by atoms with Crippen molar-refractivity contribution in [3.8, 4) is 11.4 Å². The Bertz CT molecular complexity index is 911. The number of nitrogens with zero attached hydrogens (tertiary/aromatic N) is 2. The van der Waals surface area contributed by atoms with Crippen molar-refractivity contribution in [3.05, 3.63) is 77.1 Å². The van der Waals surface area contributed by atoms with Gasteiger partial charge in [-0.15, -0.1) is 0 Å². The third kappa shape index (κ3) is 2.74. The molecule has 1 atom stereocenters. The number of carbonyl (C=O) groups excluding carboxylic acids is 1. The average Bonchev–Trinajstić information content (AvgIpc) is 2.99. The molecule has 4 rings (SSSR count). The second-order valence-electron chi connectivity index (χ2n) is 6.46. The molecule has 4 heteroatoms. The Labute approximate surface area is 147 Å². The molecule has 1 heterocycles. The zero-order chi connectivity index (χ0) is 17.4. The molecule has 4 nitrogen and oxygen atoms in total. The number of Topliss-reactive ketones (excluding diaryl/α,β-unsaturated/α-hetero) is 1. The molecule has 0 N–H and O–H groups in total. The van der Waals surface area contributed by atoms with Crippen LogP contribution in [0.1, 0.15) is 39.6 Å². The van der Waals surface area contributed by atoms with Gasteiger partial charge in [0.15, 0.2) is 5.78 Å². The van der Waals surface area contributed by atoms with Crippen molar-refractivity contribution in [3.63, 3.8) is 0 Å². The Kier molecular flexibility index (Phi) is 3.88. The number of aryl methyl sites for hydroxylation is 1. The maximum absolute atomic E-state index is 12.8. The van der Waals surface area contributed by atoms with E-state index in [0.717, 1.165) is 34.8 Å². The maximum atomic E-state index is 12.8. The molecule has 1 aliphatic carbocycles. The zero-order valence-electron chi connectivity index (χ0n) is 14.4. The minimum Gasteiger partial charge on any atom is -0.497 e. The van der Waals surface area contributed by atoms with Crippen molar-refractivity contribution in [2.24, 2.45) is 0 Å². The summed E-state index contributed by atoms with van der Waals surface area (Å²) < 4.78 is 7.16. The van der Waals surface area contributed by atoms with Gasteiger partial charge in [-0.2, -0.15) is 5.10 Å². The summed E-state index contributed by atoms with van der Waals surface area (Å²) in [4.78, 5) is 12.8. The number of methoxy groups -OCH3 is 1. The molecule has 25 heavy (non-hydrogen) atoms. The second kappa shape index (κ2) is 6.20. The first kappa shape index (κ1) is 15.6. The standard InChI is InChI=1S/C21H20N2O2/c1-14-21-19(23(22-14)17-6-4-3-5-7-17)12-16(13-20(21)24)15-8-10-18(25-2)11-9-15/h3-11,16H,12-13H2,1-2H3. The minimum absolute atomic E-state index is 0.171. The molecule has 0 bridgehead atoms. The van der Waals surface area contributed by atoms with Crippen molar-refractivity contribution in [2.45, 2.75) is 25.7 Å².